The Morgan fingerprint density at radius 2 is 1.55 bits per heavy atom. The van der Waals surface area contributed by atoms with Crippen LogP contribution in [0.2, 0.25) is 0 Å². The van der Waals surface area contributed by atoms with Gasteiger partial charge in [0.2, 0.25) is 0 Å². The maximum Gasteiger partial charge on any atom is 0.256 e. The first-order chi connectivity index (χ1) is 13.8. The molecule has 0 unspecified atom stereocenters. The maximum absolute atomic E-state index is 14.7. The molecule has 0 aliphatic carbocycles. The zero-order valence-electron chi connectivity index (χ0n) is 15.8. The van der Waals surface area contributed by atoms with Crippen LogP contribution < -0.4 is 0 Å². The maximum atomic E-state index is 14.7. The van der Waals surface area contributed by atoms with Gasteiger partial charge in [0.05, 0.1) is 17.8 Å². The van der Waals surface area contributed by atoms with Gasteiger partial charge in [0.15, 0.2) is 0 Å². The average Bonchev–Trinajstić information content (AvgIpc) is 2.68. The van der Waals surface area contributed by atoms with E-state index in [2.05, 4.69) is 38.4 Å². The molecule has 154 valence electrons. The van der Waals surface area contributed by atoms with Crippen molar-refractivity contribution in [2.75, 3.05) is 6.54 Å². The normalized spacial score (nSPS) is 14.0. The van der Waals surface area contributed by atoms with Gasteiger partial charge < -0.3 is 4.90 Å². The molecule has 0 amide bonds. The minimum Gasteiger partial charge on any atom is -0.334 e. The Morgan fingerprint density at radius 1 is 1.00 bits per heavy atom. The molecule has 7 heteroatoms. The van der Waals surface area contributed by atoms with Gasteiger partial charge in [0, 0.05) is 20.2 Å². The van der Waals surface area contributed by atoms with Gasteiger partial charge in [-0.15, -0.1) is 0 Å². The van der Waals surface area contributed by atoms with Gasteiger partial charge in [0.25, 0.3) is 6.43 Å². The van der Waals surface area contributed by atoms with E-state index in [4.69, 9.17) is 0 Å². The number of hydrogen-bond acceptors (Lipinski definition) is 1. The van der Waals surface area contributed by atoms with Crippen LogP contribution in [0.1, 0.15) is 25.0 Å². The monoisotopic (exact) mass is 531 g/mol. The third kappa shape index (κ3) is 5.20. The number of nitrogens with zero attached hydrogens (tertiary/aromatic N) is 1. The predicted molar refractivity (Wildman–Crippen MR) is 118 cm³/mol. The van der Waals surface area contributed by atoms with Crippen LogP contribution in [0.25, 0.3) is 11.3 Å². The van der Waals surface area contributed by atoms with Crippen LogP contribution in [0.5, 0.6) is 0 Å². The lowest BCUT2D eigenvalue weighted by molar-refractivity contribution is 0.123. The quantitative estimate of drug-likeness (QED) is 0.360. The first-order valence-corrected chi connectivity index (χ1v) is 10.4. The van der Waals surface area contributed by atoms with E-state index in [-0.39, 0.29) is 21.4 Å². The first kappa shape index (κ1) is 23.4. The standard InChI is InChI=1S/C20H13Br2F4N.C2H6/c1-11-15(22)9-14(12-5-3-2-4-6-12)20(27(11)10-18(25)26)19-16(23)7-13(21)8-17(19)24;1-2/h2-9,18H,1,10H2;1-2H3. The van der Waals surface area contributed by atoms with Crippen LogP contribution in [0, 0.1) is 11.6 Å². The zero-order chi connectivity index (χ0) is 21.7. The summed E-state index contributed by atoms with van der Waals surface area (Å²) in [5.74, 6) is -1.72. The Bertz CT molecular complexity index is 930. The molecule has 2 aromatic rings. The van der Waals surface area contributed by atoms with Crippen LogP contribution >= 0.6 is 31.9 Å². The van der Waals surface area contributed by atoms with E-state index in [0.717, 1.165) is 17.0 Å². The van der Waals surface area contributed by atoms with E-state index in [1.807, 2.05) is 13.8 Å². The van der Waals surface area contributed by atoms with Gasteiger partial charge in [-0.1, -0.05) is 66.7 Å². The van der Waals surface area contributed by atoms with Crippen molar-refractivity contribution in [3.63, 3.8) is 0 Å². The lowest BCUT2D eigenvalue weighted by Crippen LogP contribution is -2.30. The van der Waals surface area contributed by atoms with Crippen LogP contribution in [0.4, 0.5) is 17.6 Å². The zero-order valence-corrected chi connectivity index (χ0v) is 19.0. The molecule has 0 saturated carbocycles. The second kappa shape index (κ2) is 10.3. The second-order valence-electron chi connectivity index (χ2n) is 5.81. The van der Waals surface area contributed by atoms with Crippen molar-refractivity contribution < 1.29 is 17.6 Å². The van der Waals surface area contributed by atoms with Gasteiger partial charge in [0.1, 0.15) is 11.6 Å². The summed E-state index contributed by atoms with van der Waals surface area (Å²) in [6, 6.07) is 11.0. The number of alkyl halides is 2. The number of halogens is 6. The number of allylic oxidation sites excluding steroid dienone is 3. The molecule has 0 fully saturated rings. The highest BCUT2D eigenvalue weighted by molar-refractivity contribution is 9.12. The third-order valence-electron chi connectivity index (χ3n) is 4.05. The van der Waals surface area contributed by atoms with E-state index < -0.39 is 24.6 Å². The lowest BCUT2D eigenvalue weighted by atomic mass is 9.94. The summed E-state index contributed by atoms with van der Waals surface area (Å²) in [4.78, 5) is 1.15. The van der Waals surface area contributed by atoms with Crippen molar-refractivity contribution in [1.29, 1.82) is 0 Å². The smallest absolute Gasteiger partial charge is 0.256 e. The van der Waals surface area contributed by atoms with Gasteiger partial charge in [-0.3, -0.25) is 0 Å². The first-order valence-electron chi connectivity index (χ1n) is 8.86. The summed E-state index contributed by atoms with van der Waals surface area (Å²) >= 11 is 6.36. The van der Waals surface area contributed by atoms with Crippen LogP contribution in [0.15, 0.2) is 69.8 Å². The number of hydrogen-bond donors (Lipinski definition) is 0. The molecule has 0 saturated heterocycles. The molecule has 0 bridgehead atoms. The molecule has 1 aliphatic rings. The second-order valence-corrected chi connectivity index (χ2v) is 7.58. The summed E-state index contributed by atoms with van der Waals surface area (Å²) in [7, 11) is 0. The Morgan fingerprint density at radius 3 is 2.07 bits per heavy atom. The summed E-state index contributed by atoms with van der Waals surface area (Å²) in [5.41, 5.74) is 0.882. The van der Waals surface area contributed by atoms with Crippen LogP contribution in [-0.2, 0) is 0 Å². The van der Waals surface area contributed by atoms with Crippen molar-refractivity contribution in [2.45, 2.75) is 20.3 Å². The van der Waals surface area contributed by atoms with Gasteiger partial charge in [-0.25, -0.2) is 17.6 Å². The van der Waals surface area contributed by atoms with Crippen molar-refractivity contribution in [2.24, 2.45) is 0 Å². The third-order valence-corrected chi connectivity index (χ3v) is 5.19. The molecule has 0 spiro atoms. The van der Waals surface area contributed by atoms with Crippen LogP contribution in [-0.4, -0.2) is 17.9 Å². The van der Waals surface area contributed by atoms with E-state index in [0.29, 0.717) is 15.6 Å². The fourth-order valence-corrected chi connectivity index (χ4v) is 3.75. The van der Waals surface area contributed by atoms with Crippen LogP contribution in [0.3, 0.4) is 0 Å². The molecular formula is C22H19Br2F4N. The highest BCUT2D eigenvalue weighted by Crippen LogP contribution is 2.43. The van der Waals surface area contributed by atoms with Gasteiger partial charge in [-0.05, 0) is 39.7 Å². The predicted octanol–water partition coefficient (Wildman–Crippen LogP) is 8.00. The Labute approximate surface area is 184 Å². The molecule has 0 N–H and O–H groups in total. The van der Waals surface area contributed by atoms with Crippen molar-refractivity contribution in [3.05, 3.63) is 92.5 Å². The van der Waals surface area contributed by atoms with E-state index in [9.17, 15) is 17.6 Å². The highest BCUT2D eigenvalue weighted by Gasteiger charge is 2.31. The number of benzene rings is 2. The van der Waals surface area contributed by atoms with Crippen molar-refractivity contribution in [3.8, 4) is 0 Å². The largest absolute Gasteiger partial charge is 0.334 e. The number of rotatable bonds is 4. The van der Waals surface area contributed by atoms with Gasteiger partial charge in [-0.2, -0.15) is 0 Å². The van der Waals surface area contributed by atoms with Crippen molar-refractivity contribution >= 4 is 43.1 Å². The van der Waals surface area contributed by atoms with E-state index >= 15 is 0 Å². The van der Waals surface area contributed by atoms with Crippen molar-refractivity contribution in [1.82, 2.24) is 4.90 Å². The Kier molecular flexibility index (Phi) is 8.28. The molecular weight excluding hydrogens is 514 g/mol. The summed E-state index contributed by atoms with van der Waals surface area (Å²) < 4.78 is 56.7. The summed E-state index contributed by atoms with van der Waals surface area (Å²) in [6.07, 6.45) is -1.09. The highest BCUT2D eigenvalue weighted by atomic mass is 79.9. The summed E-state index contributed by atoms with van der Waals surface area (Å²) in [5, 5.41) is 0. The minimum absolute atomic E-state index is 0.0113. The fraction of sp³-hybridized carbons (Fsp3) is 0.182. The molecule has 1 heterocycles. The molecule has 0 atom stereocenters. The molecule has 1 aliphatic heterocycles. The average molecular weight is 533 g/mol. The minimum atomic E-state index is -2.73. The topological polar surface area (TPSA) is 3.24 Å². The Balaban J connectivity index is 0.00000145. The molecule has 1 nitrogen and oxygen atoms in total. The van der Waals surface area contributed by atoms with E-state index in [1.165, 1.54) is 0 Å². The molecule has 29 heavy (non-hydrogen) atoms. The Hall–Kier alpha value is -1.86. The van der Waals surface area contributed by atoms with E-state index in [1.54, 1.807) is 36.4 Å². The molecule has 2 aromatic carbocycles. The SMILES string of the molecule is C=C1C(Br)=CC(c2ccccc2)=C(c2c(F)cc(Br)cc2F)N1CC(F)F.CC. The molecule has 0 radical (unpaired) electrons. The molecule has 0 aromatic heterocycles. The van der Waals surface area contributed by atoms with Gasteiger partial charge >= 0.3 is 0 Å². The fourth-order valence-electron chi connectivity index (χ4n) is 2.90. The summed E-state index contributed by atoms with van der Waals surface area (Å²) in [6.45, 7) is 7.05. The lowest BCUT2D eigenvalue weighted by Gasteiger charge is -2.34. The molecule has 3 rings (SSSR count).